The molecule has 3 aromatic rings. The Morgan fingerprint density at radius 3 is 2.85 bits per heavy atom. The van der Waals surface area contributed by atoms with Crippen molar-refractivity contribution in [3.63, 3.8) is 0 Å². The number of pyridine rings is 1. The van der Waals surface area contributed by atoms with E-state index >= 15 is 0 Å². The van der Waals surface area contributed by atoms with Gasteiger partial charge in [-0.25, -0.2) is 9.97 Å². The first kappa shape index (κ1) is 15.3. The Balaban J connectivity index is 1.55. The van der Waals surface area contributed by atoms with Crippen molar-refractivity contribution >= 4 is 10.9 Å². The fraction of sp³-hybridized carbons (Fsp3) is 0.286. The Morgan fingerprint density at radius 1 is 1.15 bits per heavy atom. The van der Waals surface area contributed by atoms with E-state index in [0.29, 0.717) is 11.9 Å². The molecule has 1 saturated heterocycles. The predicted molar refractivity (Wildman–Crippen MR) is 97.8 cm³/mol. The summed E-state index contributed by atoms with van der Waals surface area (Å²) in [6.07, 6.45) is 3.57. The molecule has 0 radical (unpaired) electrons. The number of aromatic nitrogens is 3. The van der Waals surface area contributed by atoms with Crippen LogP contribution in [0.25, 0.3) is 10.9 Å². The molecule has 2 aliphatic rings. The Kier molecular flexibility index (Phi) is 3.41. The predicted octanol–water partition coefficient (Wildman–Crippen LogP) is 2.15. The minimum absolute atomic E-state index is 0.0419. The van der Waals surface area contributed by atoms with Crippen molar-refractivity contribution in [1.29, 1.82) is 0 Å². The largest absolute Gasteiger partial charge is 0.380 e. The van der Waals surface area contributed by atoms with E-state index in [4.69, 9.17) is 9.72 Å². The van der Waals surface area contributed by atoms with Gasteiger partial charge in [0.15, 0.2) is 0 Å². The molecule has 0 saturated carbocycles. The molecule has 0 bridgehead atoms. The van der Waals surface area contributed by atoms with Crippen molar-refractivity contribution < 1.29 is 4.74 Å². The summed E-state index contributed by atoms with van der Waals surface area (Å²) in [5, 5.41) is 0.648. The van der Waals surface area contributed by atoms with Crippen molar-refractivity contribution in [3.8, 4) is 11.8 Å². The summed E-state index contributed by atoms with van der Waals surface area (Å²) in [7, 11) is 0. The zero-order chi connectivity index (χ0) is 17.6. The maximum atomic E-state index is 12.9. The standard InChI is InChI=1S/C21H17N3O2/c25-20-17-7-5-15(4-6-16-3-1-2-10-22-16)11-18(17)23-19-8-9-21(12-24(19)20)13-26-14-21/h1-3,5,7,10-11H,8-9,12-14H2. The number of nitrogens with zero attached hydrogens (tertiary/aromatic N) is 3. The average molecular weight is 343 g/mol. The van der Waals surface area contributed by atoms with Crippen LogP contribution in [0.4, 0.5) is 0 Å². The van der Waals surface area contributed by atoms with Crippen molar-refractivity contribution in [2.45, 2.75) is 19.4 Å². The van der Waals surface area contributed by atoms with Gasteiger partial charge in [0.25, 0.3) is 5.56 Å². The van der Waals surface area contributed by atoms with Gasteiger partial charge in [-0.05, 0) is 42.7 Å². The molecule has 1 aromatic carbocycles. The third-order valence-corrected chi connectivity index (χ3v) is 5.22. The van der Waals surface area contributed by atoms with E-state index in [1.807, 2.05) is 41.0 Å². The van der Waals surface area contributed by atoms with Gasteiger partial charge >= 0.3 is 0 Å². The highest BCUT2D eigenvalue weighted by Gasteiger charge is 2.42. The molecule has 5 rings (SSSR count). The first-order chi connectivity index (χ1) is 12.7. The molecular weight excluding hydrogens is 326 g/mol. The number of aryl methyl sites for hydroxylation is 1. The second kappa shape index (κ2) is 5.79. The van der Waals surface area contributed by atoms with Gasteiger partial charge in [-0.3, -0.25) is 9.36 Å². The molecule has 5 nitrogen and oxygen atoms in total. The third-order valence-electron chi connectivity index (χ3n) is 5.22. The maximum absolute atomic E-state index is 12.9. The number of rotatable bonds is 0. The van der Waals surface area contributed by atoms with Gasteiger partial charge < -0.3 is 4.74 Å². The molecule has 0 amide bonds. The van der Waals surface area contributed by atoms with Crippen molar-refractivity contribution in [2.75, 3.05) is 13.2 Å². The van der Waals surface area contributed by atoms with Crippen LogP contribution in [0, 0.1) is 17.3 Å². The smallest absolute Gasteiger partial charge is 0.261 e. The summed E-state index contributed by atoms with van der Waals surface area (Å²) in [5.74, 6) is 7.02. The second-order valence-electron chi connectivity index (χ2n) is 7.11. The highest BCUT2D eigenvalue weighted by atomic mass is 16.5. The first-order valence-electron chi connectivity index (χ1n) is 8.77. The van der Waals surface area contributed by atoms with Crippen LogP contribution in [0.3, 0.4) is 0 Å². The van der Waals surface area contributed by atoms with Crippen molar-refractivity contribution in [2.24, 2.45) is 5.41 Å². The molecule has 0 unspecified atom stereocenters. The minimum atomic E-state index is 0.0419. The topological polar surface area (TPSA) is 57.0 Å². The number of hydrogen-bond donors (Lipinski definition) is 0. The number of hydrogen-bond acceptors (Lipinski definition) is 4. The fourth-order valence-corrected chi connectivity index (χ4v) is 3.69. The Hall–Kier alpha value is -2.97. The monoisotopic (exact) mass is 343 g/mol. The lowest BCUT2D eigenvalue weighted by molar-refractivity contribution is -0.132. The molecule has 26 heavy (non-hydrogen) atoms. The van der Waals surface area contributed by atoms with Gasteiger partial charge in [0.1, 0.15) is 11.5 Å². The van der Waals surface area contributed by atoms with Crippen LogP contribution in [0.5, 0.6) is 0 Å². The van der Waals surface area contributed by atoms with Gasteiger partial charge in [0.05, 0.1) is 24.1 Å². The van der Waals surface area contributed by atoms with E-state index < -0.39 is 0 Å². The fourth-order valence-electron chi connectivity index (χ4n) is 3.69. The summed E-state index contributed by atoms with van der Waals surface area (Å²) in [4.78, 5) is 21.9. The zero-order valence-electron chi connectivity index (χ0n) is 14.2. The van der Waals surface area contributed by atoms with Crippen LogP contribution in [0.2, 0.25) is 0 Å². The molecule has 2 aromatic heterocycles. The van der Waals surface area contributed by atoms with E-state index in [1.165, 1.54) is 0 Å². The third kappa shape index (κ3) is 2.51. The Morgan fingerprint density at radius 2 is 2.08 bits per heavy atom. The summed E-state index contributed by atoms with van der Waals surface area (Å²) in [6.45, 7) is 2.21. The SMILES string of the molecule is O=c1c2ccc(C#Cc3ccccn3)cc2nc2n1CC1(CC2)COC1. The molecule has 0 atom stereocenters. The van der Waals surface area contributed by atoms with Gasteiger partial charge in [-0.1, -0.05) is 12.0 Å². The number of ether oxygens (including phenoxy) is 1. The van der Waals surface area contributed by atoms with E-state index in [9.17, 15) is 4.79 Å². The molecule has 1 fully saturated rings. The first-order valence-corrected chi connectivity index (χ1v) is 8.77. The Bertz CT molecular complexity index is 1120. The van der Waals surface area contributed by atoms with Gasteiger partial charge in [0.2, 0.25) is 0 Å². The molecular formula is C21H17N3O2. The molecule has 1 spiro atoms. The quantitative estimate of drug-likeness (QED) is 0.587. The van der Waals surface area contributed by atoms with Crippen LogP contribution in [0.15, 0.2) is 47.4 Å². The highest BCUT2D eigenvalue weighted by Crippen LogP contribution is 2.37. The molecule has 5 heteroatoms. The minimum Gasteiger partial charge on any atom is -0.380 e. The summed E-state index contributed by atoms with van der Waals surface area (Å²) in [6, 6.07) is 11.2. The van der Waals surface area contributed by atoms with Crippen LogP contribution in [-0.2, 0) is 17.7 Å². The van der Waals surface area contributed by atoms with Gasteiger partial charge in [-0.2, -0.15) is 0 Å². The van der Waals surface area contributed by atoms with Crippen molar-refractivity contribution in [1.82, 2.24) is 14.5 Å². The lowest BCUT2D eigenvalue weighted by Gasteiger charge is -2.44. The summed E-state index contributed by atoms with van der Waals surface area (Å²) >= 11 is 0. The van der Waals surface area contributed by atoms with Gasteiger partial charge in [-0.15, -0.1) is 0 Å². The lowest BCUT2D eigenvalue weighted by Crippen LogP contribution is -2.51. The number of fused-ring (bicyclic) bond motifs is 2. The molecule has 2 aliphatic heterocycles. The average Bonchev–Trinajstić information content (AvgIpc) is 2.66. The summed E-state index contributed by atoms with van der Waals surface area (Å²) < 4.78 is 7.22. The molecule has 4 heterocycles. The van der Waals surface area contributed by atoms with E-state index in [-0.39, 0.29) is 11.0 Å². The van der Waals surface area contributed by atoms with Crippen LogP contribution >= 0.6 is 0 Å². The van der Waals surface area contributed by atoms with E-state index in [0.717, 1.165) is 48.7 Å². The second-order valence-corrected chi connectivity index (χ2v) is 7.11. The van der Waals surface area contributed by atoms with E-state index in [1.54, 1.807) is 6.20 Å². The van der Waals surface area contributed by atoms with Crippen LogP contribution < -0.4 is 5.56 Å². The highest BCUT2D eigenvalue weighted by molar-refractivity contribution is 5.79. The van der Waals surface area contributed by atoms with Crippen LogP contribution in [-0.4, -0.2) is 27.7 Å². The molecule has 0 N–H and O–H groups in total. The zero-order valence-corrected chi connectivity index (χ0v) is 14.2. The number of benzene rings is 1. The van der Waals surface area contributed by atoms with Crippen LogP contribution in [0.1, 0.15) is 23.5 Å². The summed E-state index contributed by atoms with van der Waals surface area (Å²) in [5.41, 5.74) is 2.45. The van der Waals surface area contributed by atoms with E-state index in [2.05, 4.69) is 16.8 Å². The normalized spacial score (nSPS) is 17.2. The van der Waals surface area contributed by atoms with Gasteiger partial charge in [0, 0.05) is 30.1 Å². The maximum Gasteiger partial charge on any atom is 0.261 e. The lowest BCUT2D eigenvalue weighted by atomic mass is 9.79. The Labute approximate surface area is 150 Å². The molecule has 0 aliphatic carbocycles. The van der Waals surface area contributed by atoms with Crippen molar-refractivity contribution in [3.05, 3.63) is 70.0 Å². The molecule has 128 valence electrons.